The van der Waals surface area contributed by atoms with Crippen molar-refractivity contribution >= 4 is 11.6 Å². The average molecular weight is 226 g/mol. The van der Waals surface area contributed by atoms with E-state index in [2.05, 4.69) is 18.3 Å². The molecule has 1 N–H and O–H groups in total. The van der Waals surface area contributed by atoms with Gasteiger partial charge in [0.15, 0.2) is 0 Å². The molecule has 1 fully saturated rings. The normalized spacial score (nSPS) is 21.6. The number of rotatable bonds is 2. The fourth-order valence-electron chi connectivity index (χ4n) is 1.98. The maximum absolute atomic E-state index is 6.02. The Morgan fingerprint density at radius 3 is 3.07 bits per heavy atom. The predicted molar refractivity (Wildman–Crippen MR) is 62.4 cm³/mol. The van der Waals surface area contributed by atoms with Crippen LogP contribution >= 0.6 is 11.6 Å². The van der Waals surface area contributed by atoms with Gasteiger partial charge in [-0.2, -0.15) is 0 Å². The SMILES string of the molecule is CCc1ccc(Cl)cc1C1COCCN1. The first-order valence-corrected chi connectivity index (χ1v) is 5.78. The number of halogens is 1. The minimum absolute atomic E-state index is 0.299. The summed E-state index contributed by atoms with van der Waals surface area (Å²) in [6.45, 7) is 4.63. The van der Waals surface area contributed by atoms with E-state index in [4.69, 9.17) is 16.3 Å². The summed E-state index contributed by atoms with van der Waals surface area (Å²) >= 11 is 6.02. The van der Waals surface area contributed by atoms with E-state index >= 15 is 0 Å². The second-order valence-electron chi connectivity index (χ2n) is 3.78. The number of morpholine rings is 1. The summed E-state index contributed by atoms with van der Waals surface area (Å²) in [5.74, 6) is 0. The largest absolute Gasteiger partial charge is 0.378 e. The van der Waals surface area contributed by atoms with Gasteiger partial charge in [0.05, 0.1) is 19.3 Å². The molecule has 2 nitrogen and oxygen atoms in total. The minimum Gasteiger partial charge on any atom is -0.378 e. The van der Waals surface area contributed by atoms with Crippen molar-refractivity contribution in [3.05, 3.63) is 34.3 Å². The van der Waals surface area contributed by atoms with Gasteiger partial charge < -0.3 is 10.1 Å². The predicted octanol–water partition coefficient (Wildman–Crippen LogP) is 2.56. The molecular formula is C12H16ClNO. The third-order valence-corrected chi connectivity index (χ3v) is 3.02. The fourth-order valence-corrected chi connectivity index (χ4v) is 2.16. The number of nitrogens with one attached hydrogen (secondary N) is 1. The van der Waals surface area contributed by atoms with Crippen molar-refractivity contribution in [2.24, 2.45) is 0 Å². The number of aryl methyl sites for hydroxylation is 1. The lowest BCUT2D eigenvalue weighted by Gasteiger charge is -2.26. The second kappa shape index (κ2) is 4.97. The van der Waals surface area contributed by atoms with Gasteiger partial charge in [-0.05, 0) is 29.7 Å². The Bertz CT molecular complexity index is 334. The first-order chi connectivity index (χ1) is 7.31. The Kier molecular flexibility index (Phi) is 3.62. The number of benzene rings is 1. The Labute approximate surface area is 95.6 Å². The van der Waals surface area contributed by atoms with Gasteiger partial charge in [-0.15, -0.1) is 0 Å². The van der Waals surface area contributed by atoms with Gasteiger partial charge in [0.2, 0.25) is 0 Å². The van der Waals surface area contributed by atoms with Gasteiger partial charge in [-0.1, -0.05) is 24.6 Å². The third kappa shape index (κ3) is 2.51. The van der Waals surface area contributed by atoms with Crippen molar-refractivity contribution in [3.8, 4) is 0 Å². The molecule has 82 valence electrons. The van der Waals surface area contributed by atoms with Crippen LogP contribution in [-0.4, -0.2) is 19.8 Å². The van der Waals surface area contributed by atoms with Crippen molar-refractivity contribution < 1.29 is 4.74 Å². The van der Waals surface area contributed by atoms with Crippen molar-refractivity contribution in [2.75, 3.05) is 19.8 Å². The molecular weight excluding hydrogens is 210 g/mol. The summed E-state index contributed by atoms with van der Waals surface area (Å²) in [5, 5.41) is 4.25. The monoisotopic (exact) mass is 225 g/mol. The molecule has 0 bridgehead atoms. The Hall–Kier alpha value is -0.570. The molecule has 0 amide bonds. The molecule has 0 aromatic heterocycles. The molecule has 1 heterocycles. The van der Waals surface area contributed by atoms with Gasteiger partial charge in [-0.3, -0.25) is 0 Å². The van der Waals surface area contributed by atoms with Crippen molar-refractivity contribution in [1.82, 2.24) is 5.32 Å². The lowest BCUT2D eigenvalue weighted by molar-refractivity contribution is 0.0766. The standard InChI is InChI=1S/C12H16ClNO/c1-2-9-3-4-10(13)7-11(9)12-8-15-6-5-14-12/h3-4,7,12,14H,2,5-6,8H2,1H3. The molecule has 1 aromatic carbocycles. The van der Waals surface area contributed by atoms with Crippen LogP contribution in [0.15, 0.2) is 18.2 Å². The lowest BCUT2D eigenvalue weighted by Crippen LogP contribution is -2.35. The van der Waals surface area contributed by atoms with Gasteiger partial charge >= 0.3 is 0 Å². The highest BCUT2D eigenvalue weighted by Gasteiger charge is 2.17. The van der Waals surface area contributed by atoms with E-state index in [0.717, 1.165) is 31.2 Å². The van der Waals surface area contributed by atoms with E-state index in [1.165, 1.54) is 11.1 Å². The number of hydrogen-bond acceptors (Lipinski definition) is 2. The van der Waals surface area contributed by atoms with Crippen LogP contribution in [0.3, 0.4) is 0 Å². The first kappa shape index (κ1) is 10.9. The summed E-state index contributed by atoms with van der Waals surface area (Å²) in [6.07, 6.45) is 1.03. The van der Waals surface area contributed by atoms with E-state index in [1.807, 2.05) is 12.1 Å². The van der Waals surface area contributed by atoms with Crippen molar-refractivity contribution in [3.63, 3.8) is 0 Å². The summed E-state index contributed by atoms with van der Waals surface area (Å²) in [7, 11) is 0. The van der Waals surface area contributed by atoms with Crippen LogP contribution in [0.1, 0.15) is 24.1 Å². The molecule has 0 radical (unpaired) electrons. The maximum Gasteiger partial charge on any atom is 0.0662 e. The molecule has 1 saturated heterocycles. The summed E-state index contributed by atoms with van der Waals surface area (Å²) in [5.41, 5.74) is 2.63. The van der Waals surface area contributed by atoms with Crippen LogP contribution in [0.4, 0.5) is 0 Å². The van der Waals surface area contributed by atoms with Gasteiger partial charge in [0, 0.05) is 11.6 Å². The molecule has 1 aromatic rings. The number of hydrogen-bond donors (Lipinski definition) is 1. The van der Waals surface area contributed by atoms with E-state index < -0.39 is 0 Å². The van der Waals surface area contributed by atoms with Crippen LogP contribution in [0.5, 0.6) is 0 Å². The van der Waals surface area contributed by atoms with Gasteiger partial charge in [0.1, 0.15) is 0 Å². The number of ether oxygens (including phenoxy) is 1. The molecule has 2 rings (SSSR count). The minimum atomic E-state index is 0.299. The Morgan fingerprint density at radius 1 is 1.53 bits per heavy atom. The van der Waals surface area contributed by atoms with Crippen LogP contribution in [-0.2, 0) is 11.2 Å². The smallest absolute Gasteiger partial charge is 0.0662 e. The molecule has 0 aliphatic carbocycles. The quantitative estimate of drug-likeness (QED) is 0.836. The first-order valence-electron chi connectivity index (χ1n) is 5.40. The molecule has 0 spiro atoms. The van der Waals surface area contributed by atoms with E-state index in [0.29, 0.717) is 6.04 Å². The molecule has 1 aliphatic heterocycles. The molecule has 1 aliphatic rings. The summed E-state index contributed by atoms with van der Waals surface area (Å²) in [4.78, 5) is 0. The zero-order valence-corrected chi connectivity index (χ0v) is 9.68. The highest BCUT2D eigenvalue weighted by molar-refractivity contribution is 6.30. The lowest BCUT2D eigenvalue weighted by atomic mass is 9.98. The zero-order valence-electron chi connectivity index (χ0n) is 8.92. The second-order valence-corrected chi connectivity index (χ2v) is 4.21. The molecule has 1 unspecified atom stereocenters. The van der Waals surface area contributed by atoms with Gasteiger partial charge in [0.25, 0.3) is 0 Å². The maximum atomic E-state index is 6.02. The topological polar surface area (TPSA) is 21.3 Å². The third-order valence-electron chi connectivity index (χ3n) is 2.79. The van der Waals surface area contributed by atoms with Crippen LogP contribution < -0.4 is 5.32 Å². The van der Waals surface area contributed by atoms with Crippen molar-refractivity contribution in [1.29, 1.82) is 0 Å². The van der Waals surface area contributed by atoms with Crippen LogP contribution in [0.25, 0.3) is 0 Å². The Morgan fingerprint density at radius 2 is 2.40 bits per heavy atom. The Balaban J connectivity index is 2.27. The zero-order chi connectivity index (χ0) is 10.7. The average Bonchev–Trinajstić information content (AvgIpc) is 2.30. The summed E-state index contributed by atoms with van der Waals surface area (Å²) < 4.78 is 5.47. The van der Waals surface area contributed by atoms with Crippen molar-refractivity contribution in [2.45, 2.75) is 19.4 Å². The van der Waals surface area contributed by atoms with Crippen LogP contribution in [0.2, 0.25) is 5.02 Å². The molecule has 1 atom stereocenters. The van der Waals surface area contributed by atoms with Crippen LogP contribution in [0, 0.1) is 0 Å². The highest BCUT2D eigenvalue weighted by atomic mass is 35.5. The molecule has 15 heavy (non-hydrogen) atoms. The van der Waals surface area contributed by atoms with E-state index in [-0.39, 0.29) is 0 Å². The molecule has 0 saturated carbocycles. The summed E-state index contributed by atoms with van der Waals surface area (Å²) in [6, 6.07) is 6.40. The fraction of sp³-hybridized carbons (Fsp3) is 0.500. The molecule has 3 heteroatoms. The van der Waals surface area contributed by atoms with E-state index in [1.54, 1.807) is 0 Å². The van der Waals surface area contributed by atoms with E-state index in [9.17, 15) is 0 Å². The van der Waals surface area contributed by atoms with Gasteiger partial charge in [-0.25, -0.2) is 0 Å². The highest BCUT2D eigenvalue weighted by Crippen LogP contribution is 2.24.